The highest BCUT2D eigenvalue weighted by Crippen LogP contribution is 2.28. The molecule has 0 saturated heterocycles. The first kappa shape index (κ1) is 15.6. The zero-order valence-corrected chi connectivity index (χ0v) is 13.4. The fourth-order valence-electron chi connectivity index (χ4n) is 2.56. The van der Waals surface area contributed by atoms with Gasteiger partial charge in [0.15, 0.2) is 0 Å². The van der Waals surface area contributed by atoms with E-state index in [0.717, 1.165) is 19.6 Å². The molecule has 2 aromatic rings. The van der Waals surface area contributed by atoms with Crippen LogP contribution >= 0.6 is 0 Å². The van der Waals surface area contributed by atoms with E-state index < -0.39 is 0 Å². The number of benzene rings is 2. The van der Waals surface area contributed by atoms with Gasteiger partial charge in [-0.15, -0.1) is 0 Å². The third-order valence-electron chi connectivity index (χ3n) is 3.73. The van der Waals surface area contributed by atoms with E-state index in [2.05, 4.69) is 79.5 Å². The molecule has 0 aliphatic heterocycles. The minimum Gasteiger partial charge on any atom is -0.342 e. The smallest absolute Gasteiger partial charge is 0.0440 e. The lowest BCUT2D eigenvalue weighted by Gasteiger charge is -2.25. The molecule has 0 atom stereocenters. The second-order valence-corrected chi connectivity index (χ2v) is 5.37. The third-order valence-corrected chi connectivity index (χ3v) is 3.73. The van der Waals surface area contributed by atoms with Crippen LogP contribution in [0, 0.1) is 6.92 Å². The van der Waals surface area contributed by atoms with Crippen molar-refractivity contribution in [3.05, 3.63) is 59.7 Å². The average Bonchev–Trinajstić information content (AvgIpc) is 2.51. The predicted octanol–water partition coefficient (Wildman–Crippen LogP) is 4.65. The Balaban J connectivity index is 2.14. The van der Waals surface area contributed by atoms with Gasteiger partial charge >= 0.3 is 0 Å². The summed E-state index contributed by atoms with van der Waals surface area (Å²) in [5.41, 5.74) is 5.20. The molecule has 2 aromatic carbocycles. The molecule has 0 heterocycles. The standard InChI is InChI=1S/C19H26N2/c1-4-14-20-15-17-10-12-18(13-11-17)21(5-2)19-9-7-6-8-16(19)3/h6-13,20H,4-5,14-15H2,1-3H3. The molecule has 2 rings (SSSR count). The van der Waals surface area contributed by atoms with Crippen molar-refractivity contribution in [2.45, 2.75) is 33.7 Å². The number of nitrogens with one attached hydrogen (secondary N) is 1. The number of anilines is 2. The molecule has 0 aliphatic carbocycles. The van der Waals surface area contributed by atoms with Gasteiger partial charge in [-0.3, -0.25) is 0 Å². The molecule has 0 radical (unpaired) electrons. The summed E-state index contributed by atoms with van der Waals surface area (Å²) in [6, 6.07) is 17.4. The molecule has 0 fully saturated rings. The van der Waals surface area contributed by atoms with Gasteiger partial charge in [-0.05, 0) is 56.1 Å². The molecule has 0 unspecified atom stereocenters. The molecule has 0 aromatic heterocycles. The van der Waals surface area contributed by atoms with Gasteiger partial charge in [0.1, 0.15) is 0 Å². The van der Waals surface area contributed by atoms with Crippen molar-refractivity contribution >= 4 is 11.4 Å². The van der Waals surface area contributed by atoms with E-state index in [4.69, 9.17) is 0 Å². The maximum absolute atomic E-state index is 3.44. The molecule has 2 nitrogen and oxygen atoms in total. The largest absolute Gasteiger partial charge is 0.342 e. The lowest BCUT2D eigenvalue weighted by Crippen LogP contribution is -2.17. The highest BCUT2D eigenvalue weighted by molar-refractivity contribution is 5.66. The van der Waals surface area contributed by atoms with E-state index >= 15 is 0 Å². The van der Waals surface area contributed by atoms with Crippen LogP contribution in [0.5, 0.6) is 0 Å². The molecule has 1 N–H and O–H groups in total. The number of hydrogen-bond donors (Lipinski definition) is 1. The Kier molecular flexibility index (Phi) is 5.82. The zero-order valence-electron chi connectivity index (χ0n) is 13.4. The quantitative estimate of drug-likeness (QED) is 0.743. The molecule has 0 bridgehead atoms. The van der Waals surface area contributed by atoms with Crippen molar-refractivity contribution in [2.24, 2.45) is 0 Å². The van der Waals surface area contributed by atoms with Crippen molar-refractivity contribution in [1.29, 1.82) is 0 Å². The van der Waals surface area contributed by atoms with Crippen molar-refractivity contribution in [3.8, 4) is 0 Å². The van der Waals surface area contributed by atoms with Crippen LogP contribution in [0.15, 0.2) is 48.5 Å². The molecule has 0 saturated carbocycles. The summed E-state index contributed by atoms with van der Waals surface area (Å²) in [7, 11) is 0. The number of rotatable bonds is 7. The normalized spacial score (nSPS) is 10.6. The molecule has 0 spiro atoms. The van der Waals surface area contributed by atoms with Crippen LogP contribution < -0.4 is 10.2 Å². The van der Waals surface area contributed by atoms with E-state index in [1.807, 2.05) is 0 Å². The van der Waals surface area contributed by atoms with E-state index in [9.17, 15) is 0 Å². The SMILES string of the molecule is CCCNCc1ccc(N(CC)c2ccccc2C)cc1. The van der Waals surface area contributed by atoms with Crippen molar-refractivity contribution in [3.63, 3.8) is 0 Å². The van der Waals surface area contributed by atoms with Gasteiger partial charge in [0.25, 0.3) is 0 Å². The molecule has 0 amide bonds. The fourth-order valence-corrected chi connectivity index (χ4v) is 2.56. The fraction of sp³-hybridized carbons (Fsp3) is 0.368. The van der Waals surface area contributed by atoms with Crippen LogP contribution in [-0.4, -0.2) is 13.1 Å². The predicted molar refractivity (Wildman–Crippen MR) is 92.3 cm³/mol. The van der Waals surface area contributed by atoms with E-state index in [-0.39, 0.29) is 0 Å². The molecule has 112 valence electrons. The molecular formula is C19H26N2. The maximum atomic E-state index is 3.44. The first-order valence-electron chi connectivity index (χ1n) is 7.89. The highest BCUT2D eigenvalue weighted by atomic mass is 15.1. The van der Waals surface area contributed by atoms with Crippen LogP contribution in [0.3, 0.4) is 0 Å². The first-order valence-corrected chi connectivity index (χ1v) is 7.89. The minimum atomic E-state index is 0.949. The lowest BCUT2D eigenvalue weighted by atomic mass is 10.1. The Hall–Kier alpha value is -1.80. The number of para-hydroxylation sites is 1. The van der Waals surface area contributed by atoms with Gasteiger partial charge in [0, 0.05) is 24.5 Å². The highest BCUT2D eigenvalue weighted by Gasteiger charge is 2.09. The Morgan fingerprint density at radius 1 is 0.952 bits per heavy atom. The monoisotopic (exact) mass is 282 g/mol. The summed E-state index contributed by atoms with van der Waals surface area (Å²) in [5.74, 6) is 0. The van der Waals surface area contributed by atoms with Crippen LogP contribution in [0.25, 0.3) is 0 Å². The van der Waals surface area contributed by atoms with Crippen molar-refractivity contribution in [2.75, 3.05) is 18.0 Å². The van der Waals surface area contributed by atoms with Gasteiger partial charge < -0.3 is 10.2 Å². The molecule has 0 aliphatic rings. The van der Waals surface area contributed by atoms with E-state index in [1.165, 1.54) is 28.9 Å². The first-order chi connectivity index (χ1) is 10.3. The Labute approximate surface area is 128 Å². The molecular weight excluding hydrogens is 256 g/mol. The Bertz CT molecular complexity index is 546. The summed E-state index contributed by atoms with van der Waals surface area (Å²) < 4.78 is 0. The number of nitrogens with zero attached hydrogens (tertiary/aromatic N) is 1. The summed E-state index contributed by atoms with van der Waals surface area (Å²) in [6.07, 6.45) is 1.18. The van der Waals surface area contributed by atoms with Gasteiger partial charge in [-0.1, -0.05) is 37.3 Å². The van der Waals surface area contributed by atoms with Crippen LogP contribution in [-0.2, 0) is 6.54 Å². The molecule has 2 heteroatoms. The van der Waals surface area contributed by atoms with Crippen molar-refractivity contribution in [1.82, 2.24) is 5.32 Å². The third kappa shape index (κ3) is 4.08. The Morgan fingerprint density at radius 2 is 1.67 bits per heavy atom. The van der Waals surface area contributed by atoms with Crippen LogP contribution in [0.1, 0.15) is 31.4 Å². The molecule has 21 heavy (non-hydrogen) atoms. The zero-order chi connectivity index (χ0) is 15.1. The van der Waals surface area contributed by atoms with Gasteiger partial charge in [0.05, 0.1) is 0 Å². The second kappa shape index (κ2) is 7.84. The summed E-state index contributed by atoms with van der Waals surface area (Å²) in [6.45, 7) is 9.55. The van der Waals surface area contributed by atoms with Crippen LogP contribution in [0.2, 0.25) is 0 Å². The topological polar surface area (TPSA) is 15.3 Å². The van der Waals surface area contributed by atoms with E-state index in [0.29, 0.717) is 0 Å². The minimum absolute atomic E-state index is 0.949. The second-order valence-electron chi connectivity index (χ2n) is 5.37. The maximum Gasteiger partial charge on any atom is 0.0440 e. The number of aryl methyl sites for hydroxylation is 1. The van der Waals surface area contributed by atoms with Crippen LogP contribution in [0.4, 0.5) is 11.4 Å². The van der Waals surface area contributed by atoms with Gasteiger partial charge in [-0.25, -0.2) is 0 Å². The lowest BCUT2D eigenvalue weighted by molar-refractivity contribution is 0.675. The summed E-state index contributed by atoms with van der Waals surface area (Å²) >= 11 is 0. The average molecular weight is 282 g/mol. The summed E-state index contributed by atoms with van der Waals surface area (Å²) in [4.78, 5) is 2.36. The van der Waals surface area contributed by atoms with Gasteiger partial charge in [0.2, 0.25) is 0 Å². The number of hydrogen-bond acceptors (Lipinski definition) is 2. The van der Waals surface area contributed by atoms with Crippen molar-refractivity contribution < 1.29 is 0 Å². The summed E-state index contributed by atoms with van der Waals surface area (Å²) in [5, 5.41) is 3.44. The Morgan fingerprint density at radius 3 is 2.29 bits per heavy atom. The van der Waals surface area contributed by atoms with Gasteiger partial charge in [-0.2, -0.15) is 0 Å². The van der Waals surface area contributed by atoms with E-state index in [1.54, 1.807) is 0 Å².